The van der Waals surface area contributed by atoms with Crippen LogP contribution in [0.4, 0.5) is 0 Å². The summed E-state index contributed by atoms with van der Waals surface area (Å²) in [5.74, 6) is 0.687. The van der Waals surface area contributed by atoms with Crippen LogP contribution in [0.25, 0.3) is 0 Å². The average molecular weight is 469 g/mol. The Labute approximate surface area is 203 Å². The van der Waals surface area contributed by atoms with Crippen molar-refractivity contribution in [3.63, 3.8) is 0 Å². The molecule has 3 saturated carbocycles. The Hall–Kier alpha value is -1.95. The summed E-state index contributed by atoms with van der Waals surface area (Å²) in [7, 11) is 0. The number of cyclic esters (lactones) is 1. The highest BCUT2D eigenvalue weighted by Gasteiger charge is 2.69. The fourth-order valence-electron chi connectivity index (χ4n) is 9.00. The zero-order chi connectivity index (χ0) is 24.7. The number of ether oxygens (including phenoxy) is 2. The van der Waals surface area contributed by atoms with Crippen molar-refractivity contribution in [1.29, 1.82) is 5.41 Å². The molecule has 3 aliphatic carbocycles. The predicted molar refractivity (Wildman–Crippen MR) is 130 cm³/mol. The minimum Gasteiger partial charge on any atom is -0.477 e. The normalized spacial score (nSPS) is 47.1. The monoisotopic (exact) mass is 468 g/mol. The molecule has 0 aromatic carbocycles. The summed E-state index contributed by atoms with van der Waals surface area (Å²) >= 11 is 0. The van der Waals surface area contributed by atoms with Gasteiger partial charge in [-0.2, -0.15) is 0 Å². The third-order valence-electron chi connectivity index (χ3n) is 10.7. The van der Waals surface area contributed by atoms with Gasteiger partial charge in [-0.25, -0.2) is 4.79 Å². The first-order valence-corrected chi connectivity index (χ1v) is 12.9. The Kier molecular flexibility index (Phi) is 5.26. The van der Waals surface area contributed by atoms with Crippen LogP contribution in [0.1, 0.15) is 73.6 Å². The molecule has 5 aliphatic rings. The average Bonchev–Trinajstić information content (AvgIpc) is 3.28. The number of fused-ring (bicyclic) bond motifs is 5. The fraction of sp³-hybridized carbons (Fsp3) is 0.750. The van der Waals surface area contributed by atoms with Gasteiger partial charge in [0, 0.05) is 42.2 Å². The van der Waals surface area contributed by atoms with Crippen LogP contribution in [0.3, 0.4) is 0 Å². The van der Waals surface area contributed by atoms with Crippen LogP contribution in [0, 0.1) is 38.9 Å². The number of ketones is 1. The minimum atomic E-state index is -0.423. The van der Waals surface area contributed by atoms with Gasteiger partial charge in [0.05, 0.1) is 6.04 Å². The molecule has 34 heavy (non-hydrogen) atoms. The quantitative estimate of drug-likeness (QED) is 0.268. The van der Waals surface area contributed by atoms with E-state index in [0.717, 1.165) is 31.4 Å². The lowest BCUT2D eigenvalue weighted by atomic mass is 9.37. The van der Waals surface area contributed by atoms with E-state index < -0.39 is 10.8 Å². The second-order valence-electron chi connectivity index (χ2n) is 12.7. The maximum Gasteiger partial charge on any atom is 0.331 e. The first kappa shape index (κ1) is 23.8. The van der Waals surface area contributed by atoms with E-state index in [1.165, 1.54) is 0 Å². The molecule has 3 fully saturated rings. The van der Waals surface area contributed by atoms with Crippen molar-refractivity contribution in [2.75, 3.05) is 6.54 Å². The fourth-order valence-corrected chi connectivity index (χ4v) is 9.00. The Morgan fingerprint density at radius 3 is 2.53 bits per heavy atom. The zero-order valence-electron chi connectivity index (χ0n) is 21.5. The van der Waals surface area contributed by atoms with Crippen molar-refractivity contribution < 1.29 is 19.1 Å². The first-order valence-electron chi connectivity index (χ1n) is 12.9. The largest absolute Gasteiger partial charge is 0.477 e. The van der Waals surface area contributed by atoms with Crippen molar-refractivity contribution in [1.82, 2.24) is 5.32 Å². The van der Waals surface area contributed by atoms with E-state index in [1.54, 1.807) is 13.0 Å². The van der Waals surface area contributed by atoms with Gasteiger partial charge in [-0.1, -0.05) is 46.8 Å². The topological polar surface area (TPSA) is 88.5 Å². The molecule has 2 heterocycles. The molecule has 0 spiro atoms. The highest BCUT2D eigenvalue weighted by Crippen LogP contribution is 2.71. The van der Waals surface area contributed by atoms with Crippen molar-refractivity contribution in [2.24, 2.45) is 33.5 Å². The molecular formula is C28H40N2O4. The van der Waals surface area contributed by atoms with Crippen LogP contribution in [0.5, 0.6) is 0 Å². The number of carbonyl (C=O) groups is 2. The maximum absolute atomic E-state index is 13.0. The molecule has 0 amide bonds. The third-order valence-corrected chi connectivity index (χ3v) is 10.7. The van der Waals surface area contributed by atoms with Crippen LogP contribution < -0.4 is 5.32 Å². The summed E-state index contributed by atoms with van der Waals surface area (Å²) in [6.07, 6.45) is 9.57. The standard InChI is InChI=1S/C28H40N2O4/c1-16(29)33-22-14-19-25(2,3)21(31)10-12-26(19,4)18-9-11-27(5)20(28(18,22)6)15-23(32)34-24(27)17-8-7-13-30-17/h7-8,15,17-19,22,24,29-30H,9-14H2,1-6H3. The van der Waals surface area contributed by atoms with Crippen LogP contribution in [-0.2, 0) is 19.1 Å². The third kappa shape index (κ3) is 3.06. The van der Waals surface area contributed by atoms with Crippen LogP contribution in [0.15, 0.2) is 23.8 Å². The number of rotatable bonds is 2. The summed E-state index contributed by atoms with van der Waals surface area (Å²) in [6.45, 7) is 13.6. The van der Waals surface area contributed by atoms with Crippen LogP contribution >= 0.6 is 0 Å². The Balaban J connectivity index is 1.65. The van der Waals surface area contributed by atoms with E-state index in [1.807, 2.05) is 0 Å². The molecule has 0 saturated heterocycles. The van der Waals surface area contributed by atoms with Crippen LogP contribution in [0.2, 0.25) is 0 Å². The van der Waals surface area contributed by atoms with Crippen molar-refractivity contribution in [2.45, 2.75) is 91.9 Å². The molecule has 186 valence electrons. The van der Waals surface area contributed by atoms with E-state index in [0.29, 0.717) is 18.6 Å². The van der Waals surface area contributed by atoms with Gasteiger partial charge in [0.2, 0.25) is 0 Å². The molecule has 2 N–H and O–H groups in total. The van der Waals surface area contributed by atoms with Crippen molar-refractivity contribution >= 4 is 17.7 Å². The number of esters is 1. The lowest BCUT2D eigenvalue weighted by Gasteiger charge is -2.68. The summed E-state index contributed by atoms with van der Waals surface area (Å²) in [5, 5.41) is 11.7. The lowest BCUT2D eigenvalue weighted by molar-refractivity contribution is -0.197. The molecule has 6 heteroatoms. The lowest BCUT2D eigenvalue weighted by Crippen LogP contribution is -2.67. The molecule has 0 aromatic rings. The first-order chi connectivity index (χ1) is 15.8. The van der Waals surface area contributed by atoms with Crippen LogP contribution in [-0.4, -0.2) is 42.4 Å². The number of hydrogen-bond donors (Lipinski definition) is 2. The second-order valence-corrected chi connectivity index (χ2v) is 12.7. The van der Waals surface area contributed by atoms with Gasteiger partial charge in [-0.15, -0.1) is 0 Å². The SMILES string of the molecule is CC(=N)OC1CC2C(C)(C)C(=O)CCC2(C)C2CCC3(C)C(=CC(=O)OC3C3C=CCN3)C12C. The molecule has 8 atom stereocenters. The molecular weight excluding hydrogens is 428 g/mol. The molecule has 6 nitrogen and oxygen atoms in total. The Morgan fingerprint density at radius 2 is 1.88 bits per heavy atom. The molecule has 0 aromatic heterocycles. The van der Waals surface area contributed by atoms with Crippen molar-refractivity contribution in [3.05, 3.63) is 23.8 Å². The minimum absolute atomic E-state index is 0.000182. The second kappa shape index (κ2) is 7.52. The zero-order valence-corrected chi connectivity index (χ0v) is 21.5. The highest BCUT2D eigenvalue weighted by atomic mass is 16.5. The number of carbonyl (C=O) groups excluding carboxylic acids is 2. The Bertz CT molecular complexity index is 998. The molecule has 2 aliphatic heterocycles. The molecule has 8 unspecified atom stereocenters. The summed E-state index contributed by atoms with van der Waals surface area (Å²) in [6, 6.07) is -0.000182. The van der Waals surface area contributed by atoms with E-state index in [9.17, 15) is 9.59 Å². The van der Waals surface area contributed by atoms with Gasteiger partial charge >= 0.3 is 5.97 Å². The van der Waals surface area contributed by atoms with Gasteiger partial charge in [-0.05, 0) is 48.5 Å². The summed E-state index contributed by atoms with van der Waals surface area (Å²) in [4.78, 5) is 26.0. The van der Waals surface area contributed by atoms with Gasteiger partial charge < -0.3 is 14.8 Å². The Morgan fingerprint density at radius 1 is 1.15 bits per heavy atom. The van der Waals surface area contributed by atoms with Gasteiger partial charge in [0.15, 0.2) is 5.90 Å². The van der Waals surface area contributed by atoms with E-state index in [2.05, 4.69) is 52.1 Å². The van der Waals surface area contributed by atoms with E-state index >= 15 is 0 Å². The molecule has 5 rings (SSSR count). The number of nitrogens with one attached hydrogen (secondary N) is 2. The summed E-state index contributed by atoms with van der Waals surface area (Å²) in [5.41, 5.74) is -0.0659. The van der Waals surface area contributed by atoms with Gasteiger partial charge in [0.1, 0.15) is 18.0 Å². The molecule has 0 bridgehead atoms. The van der Waals surface area contributed by atoms with E-state index in [4.69, 9.17) is 14.9 Å². The van der Waals surface area contributed by atoms with Crippen molar-refractivity contribution in [3.8, 4) is 0 Å². The molecule has 0 radical (unpaired) electrons. The van der Waals surface area contributed by atoms with Gasteiger partial charge in [-0.3, -0.25) is 10.2 Å². The van der Waals surface area contributed by atoms with Gasteiger partial charge in [0.25, 0.3) is 0 Å². The summed E-state index contributed by atoms with van der Waals surface area (Å²) < 4.78 is 12.3. The van der Waals surface area contributed by atoms with E-state index in [-0.39, 0.29) is 52.8 Å². The smallest absolute Gasteiger partial charge is 0.331 e. The number of Topliss-reactive ketones (excluding diaryl/α,β-unsaturated/α-hetero) is 1. The predicted octanol–water partition coefficient (Wildman–Crippen LogP) is 4.59. The maximum atomic E-state index is 13.0. The highest BCUT2D eigenvalue weighted by molar-refractivity contribution is 5.86. The number of hydrogen-bond acceptors (Lipinski definition) is 6.